The predicted molar refractivity (Wildman–Crippen MR) is 97.7 cm³/mol. The van der Waals surface area contributed by atoms with Crippen LogP contribution < -0.4 is 5.32 Å². The van der Waals surface area contributed by atoms with Crippen molar-refractivity contribution in [2.45, 2.75) is 33.6 Å². The molecule has 2 N–H and O–H groups in total. The van der Waals surface area contributed by atoms with Gasteiger partial charge in [0.2, 0.25) is 0 Å². The molecule has 1 aliphatic rings. The first-order valence-electron chi connectivity index (χ1n) is 8.32. The molecule has 0 saturated carbocycles. The van der Waals surface area contributed by atoms with E-state index in [0.717, 1.165) is 0 Å². The second-order valence-corrected chi connectivity index (χ2v) is 6.19. The van der Waals surface area contributed by atoms with Gasteiger partial charge in [0.25, 0.3) is 0 Å². The second kappa shape index (κ2) is 8.27. The Morgan fingerprint density at radius 1 is 1.08 bits per heavy atom. The zero-order valence-corrected chi connectivity index (χ0v) is 15.9. The minimum absolute atomic E-state index is 0.00976. The molecule has 0 amide bonds. The molecule has 2 rings (SSSR count). The first-order chi connectivity index (χ1) is 12.3. The molecule has 1 aromatic rings. The lowest BCUT2D eigenvalue weighted by molar-refractivity contribution is -0.139. The molecule has 140 valence electrons. The zero-order chi connectivity index (χ0) is 19.4. The number of allylic oxidation sites excluding steroid dienone is 2. The lowest BCUT2D eigenvalue weighted by Gasteiger charge is -2.30. The maximum absolute atomic E-state index is 12.6. The van der Waals surface area contributed by atoms with Crippen LogP contribution in [0.5, 0.6) is 5.75 Å². The third kappa shape index (κ3) is 3.85. The van der Waals surface area contributed by atoms with Crippen molar-refractivity contribution in [3.05, 3.63) is 51.3 Å². The van der Waals surface area contributed by atoms with Crippen molar-refractivity contribution in [1.82, 2.24) is 5.32 Å². The molecule has 0 unspecified atom stereocenters. The molecular weight excluding hydrogens is 358 g/mol. The van der Waals surface area contributed by atoms with E-state index in [0.29, 0.717) is 17.0 Å². The van der Waals surface area contributed by atoms with Gasteiger partial charge >= 0.3 is 11.9 Å². The number of aromatic hydroxyl groups is 1. The van der Waals surface area contributed by atoms with E-state index >= 15 is 0 Å². The number of ether oxygens (including phenoxy) is 2. The second-order valence-electron chi connectivity index (χ2n) is 5.78. The Balaban J connectivity index is 2.69. The molecular formula is C19H22ClNO5. The number of hydrogen-bond donors (Lipinski definition) is 2. The molecule has 0 radical (unpaired) electrons. The Labute approximate surface area is 157 Å². The Bertz CT molecular complexity index is 757. The van der Waals surface area contributed by atoms with Crippen molar-refractivity contribution in [3.63, 3.8) is 0 Å². The number of rotatable bonds is 5. The number of hydrogen-bond acceptors (Lipinski definition) is 6. The quantitative estimate of drug-likeness (QED) is 0.762. The Morgan fingerprint density at radius 3 is 2.00 bits per heavy atom. The normalized spacial score (nSPS) is 15.0. The summed E-state index contributed by atoms with van der Waals surface area (Å²) in [6, 6.07) is 4.42. The van der Waals surface area contributed by atoms with E-state index in [1.807, 2.05) is 0 Å². The summed E-state index contributed by atoms with van der Waals surface area (Å²) in [5.74, 6) is -1.85. The number of phenolic OH excluding ortho intramolecular Hbond substituents is 1. The lowest BCUT2D eigenvalue weighted by atomic mass is 9.80. The number of benzene rings is 1. The van der Waals surface area contributed by atoms with Gasteiger partial charge in [-0.1, -0.05) is 17.7 Å². The predicted octanol–water partition coefficient (Wildman–Crippen LogP) is 3.41. The van der Waals surface area contributed by atoms with E-state index in [1.54, 1.807) is 33.8 Å². The van der Waals surface area contributed by atoms with Gasteiger partial charge < -0.3 is 19.9 Å². The number of halogens is 1. The van der Waals surface area contributed by atoms with Gasteiger partial charge in [-0.3, -0.25) is 0 Å². The monoisotopic (exact) mass is 379 g/mol. The molecule has 0 aromatic heterocycles. The van der Waals surface area contributed by atoms with Gasteiger partial charge in [-0.25, -0.2) is 9.59 Å². The number of carbonyl (C=O) groups excluding carboxylic acids is 2. The fraction of sp³-hybridized carbons (Fsp3) is 0.368. The van der Waals surface area contributed by atoms with E-state index in [9.17, 15) is 14.7 Å². The molecule has 0 spiro atoms. The van der Waals surface area contributed by atoms with Crippen LogP contribution in [0.4, 0.5) is 0 Å². The van der Waals surface area contributed by atoms with Crippen LogP contribution >= 0.6 is 11.6 Å². The van der Waals surface area contributed by atoms with Crippen molar-refractivity contribution in [3.8, 4) is 5.75 Å². The average molecular weight is 380 g/mol. The summed E-state index contributed by atoms with van der Waals surface area (Å²) in [5.41, 5.74) is 2.23. The van der Waals surface area contributed by atoms with Crippen molar-refractivity contribution >= 4 is 23.5 Å². The van der Waals surface area contributed by atoms with Gasteiger partial charge in [0.15, 0.2) is 0 Å². The first-order valence-corrected chi connectivity index (χ1v) is 8.70. The maximum atomic E-state index is 12.6. The lowest BCUT2D eigenvalue weighted by Crippen LogP contribution is -2.32. The summed E-state index contributed by atoms with van der Waals surface area (Å²) in [7, 11) is 0. The molecule has 1 aromatic carbocycles. The van der Waals surface area contributed by atoms with E-state index in [1.165, 1.54) is 12.1 Å². The number of phenols is 1. The molecule has 6 nitrogen and oxygen atoms in total. The average Bonchev–Trinajstić information content (AvgIpc) is 2.54. The summed E-state index contributed by atoms with van der Waals surface area (Å²) >= 11 is 6.32. The number of nitrogens with one attached hydrogen (secondary N) is 1. The summed E-state index contributed by atoms with van der Waals surface area (Å²) in [6.45, 7) is 7.28. The SMILES string of the molecule is CCOC(=O)C1=C(C)NC(C)=C(C(=O)OCC)C1c1ccc(O)cc1Cl. The van der Waals surface area contributed by atoms with E-state index < -0.39 is 17.9 Å². The van der Waals surface area contributed by atoms with Gasteiger partial charge in [-0.2, -0.15) is 0 Å². The highest BCUT2D eigenvalue weighted by Crippen LogP contribution is 2.42. The van der Waals surface area contributed by atoms with Crippen molar-refractivity contribution < 1.29 is 24.2 Å². The highest BCUT2D eigenvalue weighted by Gasteiger charge is 2.38. The van der Waals surface area contributed by atoms with Crippen molar-refractivity contribution in [2.75, 3.05) is 13.2 Å². The van der Waals surface area contributed by atoms with Gasteiger partial charge in [0.1, 0.15) is 5.75 Å². The van der Waals surface area contributed by atoms with Gasteiger partial charge in [-0.15, -0.1) is 0 Å². The molecule has 1 aliphatic heterocycles. The number of esters is 2. The summed E-state index contributed by atoms with van der Waals surface area (Å²) in [4.78, 5) is 25.2. The summed E-state index contributed by atoms with van der Waals surface area (Å²) < 4.78 is 10.4. The van der Waals surface area contributed by atoms with Gasteiger partial charge in [0.05, 0.1) is 30.3 Å². The van der Waals surface area contributed by atoms with E-state index in [4.69, 9.17) is 21.1 Å². The molecule has 26 heavy (non-hydrogen) atoms. The third-order valence-corrected chi connectivity index (χ3v) is 4.37. The Kier molecular flexibility index (Phi) is 6.32. The smallest absolute Gasteiger partial charge is 0.336 e. The molecule has 0 bridgehead atoms. The minimum Gasteiger partial charge on any atom is -0.508 e. The Morgan fingerprint density at radius 2 is 1.58 bits per heavy atom. The van der Waals surface area contributed by atoms with Crippen LogP contribution in [0.2, 0.25) is 5.02 Å². The number of dihydropyridines is 1. The molecule has 7 heteroatoms. The standard InChI is InChI=1S/C19H22ClNO5/c1-5-25-18(23)15-10(3)21-11(4)16(19(24)26-6-2)17(15)13-8-7-12(22)9-14(13)20/h7-9,17,21-22H,5-6H2,1-4H3. The van der Waals surface area contributed by atoms with Crippen LogP contribution in [0.15, 0.2) is 40.7 Å². The fourth-order valence-corrected chi connectivity index (χ4v) is 3.30. The molecule has 0 fully saturated rings. The van der Waals surface area contributed by atoms with E-state index in [2.05, 4.69) is 5.32 Å². The van der Waals surface area contributed by atoms with Gasteiger partial charge in [0, 0.05) is 16.4 Å². The molecule has 1 heterocycles. The Hall–Kier alpha value is -2.47. The maximum Gasteiger partial charge on any atom is 0.336 e. The van der Waals surface area contributed by atoms with Crippen LogP contribution in [0.25, 0.3) is 0 Å². The first kappa shape index (κ1) is 19.8. The van der Waals surface area contributed by atoms with Crippen LogP contribution in [-0.2, 0) is 19.1 Å². The molecule has 0 aliphatic carbocycles. The highest BCUT2D eigenvalue weighted by molar-refractivity contribution is 6.31. The van der Waals surface area contributed by atoms with Crippen LogP contribution in [-0.4, -0.2) is 30.3 Å². The van der Waals surface area contributed by atoms with Gasteiger partial charge in [-0.05, 0) is 45.4 Å². The zero-order valence-electron chi connectivity index (χ0n) is 15.2. The van der Waals surface area contributed by atoms with E-state index in [-0.39, 0.29) is 35.1 Å². The van der Waals surface area contributed by atoms with Crippen LogP contribution in [0, 0.1) is 0 Å². The fourth-order valence-electron chi connectivity index (χ4n) is 3.01. The summed E-state index contributed by atoms with van der Waals surface area (Å²) in [6.07, 6.45) is 0. The summed E-state index contributed by atoms with van der Waals surface area (Å²) in [5, 5.41) is 12.9. The van der Waals surface area contributed by atoms with Crippen molar-refractivity contribution in [1.29, 1.82) is 0 Å². The molecule has 0 atom stereocenters. The molecule has 0 saturated heterocycles. The van der Waals surface area contributed by atoms with Crippen LogP contribution in [0.3, 0.4) is 0 Å². The van der Waals surface area contributed by atoms with Crippen molar-refractivity contribution in [2.24, 2.45) is 0 Å². The minimum atomic E-state index is -0.762. The topological polar surface area (TPSA) is 84.9 Å². The largest absolute Gasteiger partial charge is 0.508 e. The third-order valence-electron chi connectivity index (χ3n) is 4.05. The highest BCUT2D eigenvalue weighted by atomic mass is 35.5. The van der Waals surface area contributed by atoms with Crippen LogP contribution in [0.1, 0.15) is 39.2 Å². The number of carbonyl (C=O) groups is 2.